The summed E-state index contributed by atoms with van der Waals surface area (Å²) in [6.45, 7) is 6.51. The fraction of sp³-hybridized carbons (Fsp3) is 0.227. The quantitative estimate of drug-likeness (QED) is 0.337. The molecule has 2 aromatic carbocycles. The van der Waals surface area contributed by atoms with Gasteiger partial charge < -0.3 is 19.5 Å². The summed E-state index contributed by atoms with van der Waals surface area (Å²) in [5, 5.41) is 12.5. The average Bonchev–Trinajstić information content (AvgIpc) is 2.95. The molecule has 0 saturated carbocycles. The number of benzene rings is 2. The molecule has 0 fully saturated rings. The molecule has 2 heterocycles. The molecule has 4 rings (SSSR count). The Labute approximate surface area is 193 Å². The summed E-state index contributed by atoms with van der Waals surface area (Å²) in [7, 11) is 0. The van der Waals surface area contributed by atoms with Crippen LogP contribution in [-0.4, -0.2) is 34.7 Å². The van der Waals surface area contributed by atoms with Crippen LogP contribution in [0.3, 0.4) is 0 Å². The van der Waals surface area contributed by atoms with Gasteiger partial charge in [-0.2, -0.15) is 4.98 Å². The molecule has 0 amide bonds. The van der Waals surface area contributed by atoms with Gasteiger partial charge in [-0.3, -0.25) is 0 Å². The Balaban J connectivity index is 1.80. The number of hydrogen-bond acceptors (Lipinski definition) is 8. The van der Waals surface area contributed by atoms with E-state index in [-0.39, 0.29) is 0 Å². The number of para-hydroxylation sites is 1. The second-order valence-electron chi connectivity index (χ2n) is 6.50. The fourth-order valence-electron chi connectivity index (χ4n) is 3.17. The summed E-state index contributed by atoms with van der Waals surface area (Å²) >= 11 is 5.02. The van der Waals surface area contributed by atoms with E-state index >= 15 is 0 Å². The maximum atomic E-state index is 6.31. The molecule has 0 radical (unpaired) electrons. The molecule has 1 aromatic heterocycles. The Bertz CT molecular complexity index is 1110. The van der Waals surface area contributed by atoms with Crippen LogP contribution in [0.5, 0.6) is 17.4 Å². The van der Waals surface area contributed by atoms with Crippen LogP contribution >= 0.6 is 27.7 Å². The van der Waals surface area contributed by atoms with Crippen molar-refractivity contribution >= 4 is 33.4 Å². The zero-order valence-corrected chi connectivity index (χ0v) is 19.5. The van der Waals surface area contributed by atoms with Crippen LogP contribution in [-0.2, 0) is 0 Å². The highest BCUT2D eigenvalue weighted by Crippen LogP contribution is 2.43. The van der Waals surface area contributed by atoms with Gasteiger partial charge >= 0.3 is 0 Å². The standard InChI is InChI=1S/C22H21BrN4O3S/c1-4-10-29-19-15(23)11-13(12-17(19)28-5-2)20-24-16-9-7-6-8-14(16)18-21(30-20)25-22(31-3)27-26-18/h4,6-9,11-12,20,24H,1,5,10H2,2-3H3. The summed E-state index contributed by atoms with van der Waals surface area (Å²) in [6, 6.07) is 11.7. The van der Waals surface area contributed by atoms with Crippen LogP contribution in [0.2, 0.25) is 0 Å². The summed E-state index contributed by atoms with van der Waals surface area (Å²) < 4.78 is 18.7. The van der Waals surface area contributed by atoms with Gasteiger partial charge in [-0.25, -0.2) is 0 Å². The van der Waals surface area contributed by atoms with Crippen molar-refractivity contribution in [1.29, 1.82) is 0 Å². The van der Waals surface area contributed by atoms with E-state index in [1.807, 2.05) is 49.6 Å². The van der Waals surface area contributed by atoms with Crippen LogP contribution in [0.25, 0.3) is 11.3 Å². The van der Waals surface area contributed by atoms with Gasteiger partial charge in [0.2, 0.25) is 11.0 Å². The molecule has 0 aliphatic carbocycles. The maximum absolute atomic E-state index is 6.31. The van der Waals surface area contributed by atoms with Crippen molar-refractivity contribution in [3.8, 4) is 28.6 Å². The Kier molecular flexibility index (Phi) is 6.62. The molecule has 9 heteroatoms. The van der Waals surface area contributed by atoms with Gasteiger partial charge in [0.25, 0.3) is 0 Å². The lowest BCUT2D eigenvalue weighted by atomic mass is 10.1. The van der Waals surface area contributed by atoms with Crippen molar-refractivity contribution in [2.75, 3.05) is 24.8 Å². The molecular formula is C22H21BrN4O3S. The third-order valence-corrected chi connectivity index (χ3v) is 5.62. The maximum Gasteiger partial charge on any atom is 0.247 e. The lowest BCUT2D eigenvalue weighted by molar-refractivity contribution is 0.223. The summed E-state index contributed by atoms with van der Waals surface area (Å²) in [6.07, 6.45) is 3.06. The van der Waals surface area contributed by atoms with Crippen molar-refractivity contribution in [3.63, 3.8) is 0 Å². The highest BCUT2D eigenvalue weighted by Gasteiger charge is 2.27. The van der Waals surface area contributed by atoms with Crippen molar-refractivity contribution in [3.05, 3.63) is 59.1 Å². The van der Waals surface area contributed by atoms with E-state index in [0.29, 0.717) is 41.4 Å². The molecule has 0 bridgehead atoms. The first-order valence-corrected chi connectivity index (χ1v) is 11.7. The van der Waals surface area contributed by atoms with Gasteiger partial charge in [0.05, 0.1) is 11.1 Å². The number of aromatic nitrogens is 3. The number of halogens is 1. The number of thioether (sulfide) groups is 1. The van der Waals surface area contributed by atoms with Gasteiger partial charge in [0.15, 0.2) is 23.4 Å². The smallest absolute Gasteiger partial charge is 0.247 e. The minimum Gasteiger partial charge on any atom is -0.490 e. The SMILES string of the molecule is C=CCOc1c(Br)cc(C2Nc3ccccc3-c3nnc(SC)nc3O2)cc1OCC. The monoisotopic (exact) mass is 500 g/mol. The van der Waals surface area contributed by atoms with Crippen LogP contribution in [0.1, 0.15) is 18.7 Å². The molecule has 0 spiro atoms. The minimum atomic E-state index is -0.530. The molecule has 1 unspecified atom stereocenters. The number of nitrogens with zero attached hydrogens (tertiary/aromatic N) is 3. The summed E-state index contributed by atoms with van der Waals surface area (Å²) in [5.74, 6) is 1.65. The Morgan fingerprint density at radius 2 is 2.10 bits per heavy atom. The largest absolute Gasteiger partial charge is 0.490 e. The number of nitrogens with one attached hydrogen (secondary N) is 1. The average molecular weight is 501 g/mol. The molecule has 160 valence electrons. The Morgan fingerprint density at radius 1 is 1.26 bits per heavy atom. The van der Waals surface area contributed by atoms with Crippen molar-refractivity contribution in [2.24, 2.45) is 0 Å². The Hall–Kier alpha value is -2.78. The van der Waals surface area contributed by atoms with Gasteiger partial charge in [-0.15, -0.1) is 10.2 Å². The minimum absolute atomic E-state index is 0.372. The van der Waals surface area contributed by atoms with Crippen LogP contribution in [0.15, 0.2) is 58.7 Å². The van der Waals surface area contributed by atoms with E-state index in [0.717, 1.165) is 21.3 Å². The number of fused-ring (bicyclic) bond motifs is 3. The Morgan fingerprint density at radius 3 is 2.87 bits per heavy atom. The van der Waals surface area contributed by atoms with E-state index in [2.05, 4.69) is 43.0 Å². The highest BCUT2D eigenvalue weighted by molar-refractivity contribution is 9.10. The second-order valence-corrected chi connectivity index (χ2v) is 8.13. The molecule has 1 aliphatic heterocycles. The molecule has 1 aliphatic rings. The lowest BCUT2D eigenvalue weighted by Crippen LogP contribution is -2.17. The lowest BCUT2D eigenvalue weighted by Gasteiger charge is -2.22. The first kappa shape index (κ1) is 21.5. The number of ether oxygens (including phenoxy) is 3. The summed E-state index contributed by atoms with van der Waals surface area (Å²) in [4.78, 5) is 4.55. The molecule has 7 nitrogen and oxygen atoms in total. The third-order valence-electron chi connectivity index (χ3n) is 4.50. The second kappa shape index (κ2) is 9.57. The van der Waals surface area contributed by atoms with Gasteiger partial charge in [0.1, 0.15) is 6.61 Å². The van der Waals surface area contributed by atoms with Crippen molar-refractivity contribution < 1.29 is 14.2 Å². The van der Waals surface area contributed by atoms with Crippen LogP contribution in [0.4, 0.5) is 5.69 Å². The normalized spacial score (nSPS) is 14.4. The summed E-state index contributed by atoms with van der Waals surface area (Å²) in [5.41, 5.74) is 3.19. The van der Waals surface area contributed by atoms with E-state index in [4.69, 9.17) is 14.2 Å². The topological polar surface area (TPSA) is 78.4 Å². The van der Waals surface area contributed by atoms with Crippen LogP contribution < -0.4 is 19.5 Å². The van der Waals surface area contributed by atoms with Crippen LogP contribution in [0, 0.1) is 0 Å². The molecule has 1 N–H and O–H groups in total. The first-order chi connectivity index (χ1) is 15.1. The highest BCUT2D eigenvalue weighted by atomic mass is 79.9. The van der Waals surface area contributed by atoms with Gasteiger partial charge in [0, 0.05) is 16.8 Å². The van der Waals surface area contributed by atoms with Crippen molar-refractivity contribution in [1.82, 2.24) is 15.2 Å². The fourth-order valence-corrected chi connectivity index (χ4v) is 4.04. The molecule has 1 atom stereocenters. The number of anilines is 1. The zero-order valence-electron chi connectivity index (χ0n) is 17.1. The van der Waals surface area contributed by atoms with E-state index in [1.165, 1.54) is 11.8 Å². The molecular weight excluding hydrogens is 480 g/mol. The first-order valence-electron chi connectivity index (χ1n) is 9.65. The molecule has 31 heavy (non-hydrogen) atoms. The number of rotatable bonds is 7. The predicted molar refractivity (Wildman–Crippen MR) is 125 cm³/mol. The number of hydrogen-bond donors (Lipinski definition) is 1. The zero-order chi connectivity index (χ0) is 21.8. The van der Waals surface area contributed by atoms with Gasteiger partial charge in [-0.05, 0) is 47.3 Å². The third kappa shape index (κ3) is 4.47. The van der Waals surface area contributed by atoms with E-state index in [1.54, 1.807) is 6.08 Å². The van der Waals surface area contributed by atoms with Crippen molar-refractivity contribution in [2.45, 2.75) is 18.3 Å². The van der Waals surface area contributed by atoms with E-state index in [9.17, 15) is 0 Å². The predicted octanol–water partition coefficient (Wildman–Crippen LogP) is 5.49. The molecule has 0 saturated heterocycles. The molecule has 3 aromatic rings. The van der Waals surface area contributed by atoms with Gasteiger partial charge in [-0.1, -0.05) is 42.6 Å². The van der Waals surface area contributed by atoms with E-state index < -0.39 is 6.23 Å².